The molecule has 0 fully saturated rings. The number of unbranched alkanes of at least 4 members (excludes halogenated alkanes) is 3. The summed E-state index contributed by atoms with van der Waals surface area (Å²) < 4.78 is 1.94. The molecule has 0 unspecified atom stereocenters. The van der Waals surface area contributed by atoms with Crippen LogP contribution in [-0.2, 0) is 0 Å². The molecule has 3 nitrogen and oxygen atoms in total. The molecule has 1 heterocycles. The van der Waals surface area contributed by atoms with E-state index in [9.17, 15) is 0 Å². The van der Waals surface area contributed by atoms with E-state index in [1.807, 2.05) is 6.07 Å². The van der Waals surface area contributed by atoms with Gasteiger partial charge in [-0.3, -0.25) is 0 Å². The Bertz CT molecular complexity index is 321. The summed E-state index contributed by atoms with van der Waals surface area (Å²) in [4.78, 5) is 4.27. The van der Waals surface area contributed by atoms with Crippen LogP contribution in [-0.4, -0.2) is 23.2 Å². The van der Waals surface area contributed by atoms with Gasteiger partial charge in [-0.25, -0.2) is 4.98 Å². The van der Waals surface area contributed by atoms with E-state index in [0.717, 1.165) is 47.0 Å². The lowest BCUT2D eigenvalue weighted by Crippen LogP contribution is -2.04. The first-order valence-electron chi connectivity index (χ1n) is 5.40. The summed E-state index contributed by atoms with van der Waals surface area (Å²) in [5.41, 5.74) is 0. The van der Waals surface area contributed by atoms with Gasteiger partial charge in [0.2, 0.25) is 0 Å². The van der Waals surface area contributed by atoms with E-state index in [4.69, 9.17) is 5.11 Å². The number of nitrogens with one attached hydrogen (secondary N) is 1. The van der Waals surface area contributed by atoms with Crippen molar-refractivity contribution in [2.45, 2.75) is 25.7 Å². The Morgan fingerprint density at radius 2 is 1.94 bits per heavy atom. The van der Waals surface area contributed by atoms with Gasteiger partial charge in [0.05, 0.1) is 4.47 Å². The van der Waals surface area contributed by atoms with Crippen LogP contribution in [0.3, 0.4) is 0 Å². The maximum Gasteiger partial charge on any atom is 0.140 e. The van der Waals surface area contributed by atoms with Gasteiger partial charge >= 0.3 is 0 Å². The van der Waals surface area contributed by atoms with Crippen molar-refractivity contribution in [1.82, 2.24) is 4.98 Å². The van der Waals surface area contributed by atoms with Crippen LogP contribution in [0.5, 0.6) is 0 Å². The summed E-state index contributed by atoms with van der Waals surface area (Å²) in [5, 5.41) is 11.9. The molecule has 0 saturated heterocycles. The number of halogens is 2. The molecule has 16 heavy (non-hydrogen) atoms. The number of pyridine rings is 1. The Labute approximate surface area is 113 Å². The molecule has 0 amide bonds. The molecule has 0 aliphatic rings. The normalized spacial score (nSPS) is 10.4. The average Bonchev–Trinajstić information content (AvgIpc) is 2.26. The third-order valence-corrected chi connectivity index (χ3v) is 3.22. The molecule has 0 saturated carbocycles. The summed E-state index contributed by atoms with van der Waals surface area (Å²) in [6.07, 6.45) is 6.01. The molecular formula is C11H16Br2N2O. The molecule has 0 aromatic carbocycles. The molecule has 90 valence electrons. The van der Waals surface area contributed by atoms with Gasteiger partial charge in [0.25, 0.3) is 0 Å². The number of aromatic nitrogens is 1. The second-order valence-corrected chi connectivity index (χ2v) is 5.32. The molecule has 0 aliphatic heterocycles. The number of anilines is 1. The molecule has 0 spiro atoms. The van der Waals surface area contributed by atoms with Crippen LogP contribution in [0.25, 0.3) is 0 Å². The fraction of sp³-hybridized carbons (Fsp3) is 0.545. The van der Waals surface area contributed by atoms with E-state index in [1.165, 1.54) is 0 Å². The summed E-state index contributed by atoms with van der Waals surface area (Å²) in [7, 11) is 0. The van der Waals surface area contributed by atoms with Gasteiger partial charge in [-0.2, -0.15) is 0 Å². The Balaban J connectivity index is 2.21. The average molecular weight is 352 g/mol. The summed E-state index contributed by atoms with van der Waals surface area (Å²) in [6.45, 7) is 1.21. The highest BCUT2D eigenvalue weighted by Gasteiger charge is 2.00. The fourth-order valence-electron chi connectivity index (χ4n) is 1.34. The van der Waals surface area contributed by atoms with Crippen LogP contribution >= 0.6 is 31.9 Å². The number of aliphatic hydroxyl groups is 1. The molecule has 2 N–H and O–H groups in total. The van der Waals surface area contributed by atoms with Gasteiger partial charge in [0.15, 0.2) is 0 Å². The van der Waals surface area contributed by atoms with Gasteiger partial charge < -0.3 is 10.4 Å². The van der Waals surface area contributed by atoms with E-state index in [-0.39, 0.29) is 0 Å². The lowest BCUT2D eigenvalue weighted by atomic mass is 10.2. The zero-order valence-electron chi connectivity index (χ0n) is 9.05. The number of aliphatic hydroxyl groups excluding tert-OH is 1. The van der Waals surface area contributed by atoms with Crippen molar-refractivity contribution >= 4 is 37.7 Å². The molecule has 0 bridgehead atoms. The maximum atomic E-state index is 8.63. The van der Waals surface area contributed by atoms with Crippen molar-refractivity contribution in [2.24, 2.45) is 0 Å². The molecule has 0 aliphatic carbocycles. The number of hydrogen-bond donors (Lipinski definition) is 2. The van der Waals surface area contributed by atoms with Crippen molar-refractivity contribution < 1.29 is 5.11 Å². The minimum absolute atomic E-state index is 0.299. The van der Waals surface area contributed by atoms with E-state index < -0.39 is 0 Å². The highest BCUT2D eigenvalue weighted by atomic mass is 79.9. The summed E-state index contributed by atoms with van der Waals surface area (Å²) in [6, 6.07) is 1.97. The topological polar surface area (TPSA) is 45.1 Å². The highest BCUT2D eigenvalue weighted by Crippen LogP contribution is 2.23. The largest absolute Gasteiger partial charge is 0.396 e. The molecule has 0 radical (unpaired) electrons. The van der Waals surface area contributed by atoms with Gasteiger partial charge in [-0.15, -0.1) is 0 Å². The summed E-state index contributed by atoms with van der Waals surface area (Å²) >= 11 is 6.82. The van der Waals surface area contributed by atoms with Crippen LogP contribution in [0.15, 0.2) is 21.2 Å². The first kappa shape index (κ1) is 13.9. The third kappa shape index (κ3) is 5.27. The van der Waals surface area contributed by atoms with Crippen molar-refractivity contribution in [3.63, 3.8) is 0 Å². The predicted molar refractivity (Wildman–Crippen MR) is 73.7 cm³/mol. The lowest BCUT2D eigenvalue weighted by molar-refractivity contribution is 0.283. The Morgan fingerprint density at radius 1 is 1.19 bits per heavy atom. The second-order valence-electron chi connectivity index (χ2n) is 3.55. The van der Waals surface area contributed by atoms with E-state index in [0.29, 0.717) is 6.61 Å². The van der Waals surface area contributed by atoms with Crippen LogP contribution in [0.2, 0.25) is 0 Å². The van der Waals surface area contributed by atoms with Crippen LogP contribution in [0, 0.1) is 0 Å². The lowest BCUT2D eigenvalue weighted by Gasteiger charge is -2.07. The second kappa shape index (κ2) is 8.03. The SMILES string of the molecule is OCCCCCCNc1ncc(Br)cc1Br. The van der Waals surface area contributed by atoms with Gasteiger partial charge in [-0.05, 0) is 50.8 Å². The highest BCUT2D eigenvalue weighted by molar-refractivity contribution is 9.11. The molecule has 0 atom stereocenters. The zero-order chi connectivity index (χ0) is 11.8. The van der Waals surface area contributed by atoms with E-state index in [1.54, 1.807) is 6.20 Å². The van der Waals surface area contributed by atoms with Crippen LogP contribution in [0.1, 0.15) is 25.7 Å². The number of rotatable bonds is 7. The first-order chi connectivity index (χ1) is 7.74. The predicted octanol–water partition coefficient (Wildman–Crippen LogP) is 3.57. The number of nitrogens with zero attached hydrogens (tertiary/aromatic N) is 1. The van der Waals surface area contributed by atoms with Crippen LogP contribution < -0.4 is 5.32 Å². The maximum absolute atomic E-state index is 8.63. The summed E-state index contributed by atoms with van der Waals surface area (Å²) in [5.74, 6) is 0.880. The van der Waals surface area contributed by atoms with Crippen molar-refractivity contribution in [3.05, 3.63) is 21.2 Å². The van der Waals surface area contributed by atoms with E-state index in [2.05, 4.69) is 42.2 Å². The molecule has 1 rings (SSSR count). The van der Waals surface area contributed by atoms with E-state index >= 15 is 0 Å². The van der Waals surface area contributed by atoms with Gasteiger partial charge in [-0.1, -0.05) is 12.8 Å². The minimum atomic E-state index is 0.299. The molecular weight excluding hydrogens is 336 g/mol. The molecule has 1 aromatic rings. The van der Waals surface area contributed by atoms with Crippen molar-refractivity contribution in [2.75, 3.05) is 18.5 Å². The fourth-order valence-corrected chi connectivity index (χ4v) is 2.47. The Morgan fingerprint density at radius 3 is 2.62 bits per heavy atom. The van der Waals surface area contributed by atoms with Crippen molar-refractivity contribution in [1.29, 1.82) is 0 Å². The van der Waals surface area contributed by atoms with Crippen LogP contribution in [0.4, 0.5) is 5.82 Å². The Kier molecular flexibility index (Phi) is 7.00. The zero-order valence-corrected chi connectivity index (χ0v) is 12.2. The smallest absolute Gasteiger partial charge is 0.140 e. The third-order valence-electron chi connectivity index (χ3n) is 2.19. The number of hydrogen-bond acceptors (Lipinski definition) is 3. The molecule has 5 heteroatoms. The quantitative estimate of drug-likeness (QED) is 0.738. The minimum Gasteiger partial charge on any atom is -0.396 e. The first-order valence-corrected chi connectivity index (χ1v) is 6.98. The standard InChI is InChI=1S/C11H16Br2N2O/c12-9-7-10(13)11(15-8-9)14-5-3-1-2-4-6-16/h7-8,16H,1-6H2,(H,14,15). The monoisotopic (exact) mass is 350 g/mol. The Hall–Kier alpha value is -0.130. The van der Waals surface area contributed by atoms with Gasteiger partial charge in [0, 0.05) is 23.8 Å². The van der Waals surface area contributed by atoms with Crippen molar-refractivity contribution in [3.8, 4) is 0 Å². The molecule has 1 aromatic heterocycles. The van der Waals surface area contributed by atoms with Gasteiger partial charge in [0.1, 0.15) is 5.82 Å².